The first-order valence-electron chi connectivity index (χ1n) is 10.4. The molecule has 1 aliphatic carbocycles. The van der Waals surface area contributed by atoms with Gasteiger partial charge in [-0.15, -0.1) is 0 Å². The monoisotopic (exact) mass is 446 g/mol. The Morgan fingerprint density at radius 3 is 2.62 bits per heavy atom. The summed E-state index contributed by atoms with van der Waals surface area (Å²) in [7, 11) is 1.75. The number of fused-ring (bicyclic) bond motifs is 3. The van der Waals surface area contributed by atoms with E-state index in [4.69, 9.17) is 4.74 Å². The van der Waals surface area contributed by atoms with Crippen molar-refractivity contribution in [3.8, 4) is 0 Å². The van der Waals surface area contributed by atoms with Gasteiger partial charge in [0.2, 0.25) is 0 Å². The van der Waals surface area contributed by atoms with Crippen molar-refractivity contribution < 1.29 is 22.7 Å². The Morgan fingerprint density at radius 1 is 1.19 bits per heavy atom. The Morgan fingerprint density at radius 2 is 1.91 bits per heavy atom. The summed E-state index contributed by atoms with van der Waals surface area (Å²) in [5.41, 5.74) is 1.95. The van der Waals surface area contributed by atoms with Gasteiger partial charge in [0.25, 0.3) is 0 Å². The van der Waals surface area contributed by atoms with Crippen molar-refractivity contribution in [3.63, 3.8) is 0 Å². The van der Waals surface area contributed by atoms with Crippen LogP contribution < -0.4 is 5.32 Å². The molecule has 2 N–H and O–H groups in total. The molecule has 2 heterocycles. The molecule has 32 heavy (non-hydrogen) atoms. The number of carbonyl (C=O) groups is 1. The summed E-state index contributed by atoms with van der Waals surface area (Å²) in [6.45, 7) is 5.50. The zero-order valence-corrected chi connectivity index (χ0v) is 18.4. The second-order valence-corrected chi connectivity index (χ2v) is 9.03. The van der Waals surface area contributed by atoms with Crippen LogP contribution >= 0.6 is 0 Å². The molecule has 0 fully saturated rings. The van der Waals surface area contributed by atoms with Gasteiger partial charge in [-0.2, -0.15) is 0 Å². The summed E-state index contributed by atoms with van der Waals surface area (Å²) >= 11 is 0. The van der Waals surface area contributed by atoms with E-state index >= 15 is 0 Å². The SMILES string of the molecule is CN(C(=O)OC(C)(C)C)C1CCc2[nH]c3nc(Nc4cc(F)c(F)cc4F)ccc3c2C1. The van der Waals surface area contributed by atoms with Gasteiger partial charge in [0.05, 0.1) is 5.69 Å². The van der Waals surface area contributed by atoms with E-state index in [9.17, 15) is 18.0 Å². The number of pyridine rings is 1. The number of likely N-dealkylation sites (N-methyl/N-ethyl adjacent to an activating group) is 1. The minimum atomic E-state index is -1.25. The van der Waals surface area contributed by atoms with Crippen LogP contribution in [0.5, 0.6) is 0 Å². The lowest BCUT2D eigenvalue weighted by Crippen LogP contribution is -2.43. The number of ether oxygens (including phenoxy) is 1. The summed E-state index contributed by atoms with van der Waals surface area (Å²) in [5, 5.41) is 3.60. The molecule has 1 aliphatic rings. The van der Waals surface area contributed by atoms with Gasteiger partial charge in [-0.05, 0) is 57.7 Å². The van der Waals surface area contributed by atoms with E-state index in [1.165, 1.54) is 0 Å². The molecule has 0 saturated carbocycles. The third-order valence-electron chi connectivity index (χ3n) is 5.52. The number of hydrogen-bond acceptors (Lipinski definition) is 4. The lowest BCUT2D eigenvalue weighted by molar-refractivity contribution is 0.0210. The first-order chi connectivity index (χ1) is 15.0. The summed E-state index contributed by atoms with van der Waals surface area (Å²) < 4.78 is 46.1. The number of nitrogens with zero attached hydrogens (tertiary/aromatic N) is 2. The average Bonchev–Trinajstić information content (AvgIpc) is 3.07. The Bertz CT molecular complexity index is 1190. The van der Waals surface area contributed by atoms with Gasteiger partial charge >= 0.3 is 6.09 Å². The lowest BCUT2D eigenvalue weighted by Gasteiger charge is -2.33. The van der Waals surface area contributed by atoms with Crippen molar-refractivity contribution >= 4 is 28.6 Å². The molecular formula is C23H25F3N4O2. The topological polar surface area (TPSA) is 70.2 Å². The average molecular weight is 446 g/mol. The predicted molar refractivity (Wildman–Crippen MR) is 116 cm³/mol. The zero-order valence-electron chi connectivity index (χ0n) is 18.4. The summed E-state index contributed by atoms with van der Waals surface area (Å²) in [6, 6.07) is 4.73. The van der Waals surface area contributed by atoms with Crippen LogP contribution in [0.2, 0.25) is 0 Å². The highest BCUT2D eigenvalue weighted by molar-refractivity contribution is 5.84. The summed E-state index contributed by atoms with van der Waals surface area (Å²) in [4.78, 5) is 21.9. The van der Waals surface area contributed by atoms with Gasteiger partial charge in [-0.25, -0.2) is 22.9 Å². The van der Waals surface area contributed by atoms with Gasteiger partial charge < -0.3 is 19.9 Å². The number of hydrogen-bond donors (Lipinski definition) is 2. The van der Waals surface area contributed by atoms with Crippen molar-refractivity contribution in [1.29, 1.82) is 0 Å². The number of aromatic nitrogens is 2. The predicted octanol–water partition coefficient (Wildman–Crippen LogP) is 5.45. The van der Waals surface area contributed by atoms with Crippen LogP contribution in [0.1, 0.15) is 38.4 Å². The normalized spacial score (nSPS) is 16.0. The van der Waals surface area contributed by atoms with E-state index in [0.29, 0.717) is 24.0 Å². The number of halogens is 3. The third-order valence-corrected chi connectivity index (χ3v) is 5.52. The van der Waals surface area contributed by atoms with E-state index in [0.717, 1.165) is 35.6 Å². The van der Waals surface area contributed by atoms with Gasteiger partial charge in [0.15, 0.2) is 11.6 Å². The first kappa shape index (κ1) is 22.0. The quantitative estimate of drug-likeness (QED) is 0.525. The fourth-order valence-corrected chi connectivity index (χ4v) is 3.91. The third kappa shape index (κ3) is 4.37. The number of benzene rings is 1. The maximum atomic E-state index is 14.0. The molecule has 0 radical (unpaired) electrons. The maximum absolute atomic E-state index is 14.0. The lowest BCUT2D eigenvalue weighted by atomic mass is 9.91. The number of amides is 1. The molecule has 6 nitrogen and oxygen atoms in total. The number of rotatable bonds is 3. The number of H-pyrrole nitrogens is 1. The highest BCUT2D eigenvalue weighted by Crippen LogP contribution is 2.32. The molecule has 1 unspecified atom stereocenters. The minimum Gasteiger partial charge on any atom is -0.444 e. The summed E-state index contributed by atoms with van der Waals surface area (Å²) in [6.07, 6.45) is 1.81. The molecule has 2 aromatic heterocycles. The van der Waals surface area contributed by atoms with E-state index in [2.05, 4.69) is 15.3 Å². The van der Waals surface area contributed by atoms with E-state index in [-0.39, 0.29) is 17.8 Å². The molecular weight excluding hydrogens is 421 g/mol. The van der Waals surface area contributed by atoms with Crippen molar-refractivity contribution in [2.24, 2.45) is 0 Å². The molecule has 0 saturated heterocycles. The molecule has 1 atom stereocenters. The van der Waals surface area contributed by atoms with E-state index in [1.807, 2.05) is 26.8 Å². The zero-order chi connectivity index (χ0) is 23.2. The van der Waals surface area contributed by atoms with Crippen LogP contribution in [0.15, 0.2) is 24.3 Å². The summed E-state index contributed by atoms with van der Waals surface area (Å²) in [5.74, 6) is -3.02. The number of aryl methyl sites for hydroxylation is 1. The number of carbonyl (C=O) groups excluding carboxylic acids is 1. The second-order valence-electron chi connectivity index (χ2n) is 9.03. The molecule has 4 rings (SSSR count). The molecule has 1 aromatic carbocycles. The molecule has 9 heteroatoms. The van der Waals surface area contributed by atoms with Gasteiger partial charge in [-0.1, -0.05) is 0 Å². The fourth-order valence-electron chi connectivity index (χ4n) is 3.91. The van der Waals surface area contributed by atoms with Crippen LogP contribution in [0, 0.1) is 17.5 Å². The van der Waals surface area contributed by atoms with Crippen LogP contribution in [-0.4, -0.2) is 39.7 Å². The van der Waals surface area contributed by atoms with Crippen LogP contribution in [0.25, 0.3) is 11.0 Å². The van der Waals surface area contributed by atoms with Gasteiger partial charge in [-0.3, -0.25) is 0 Å². The fraction of sp³-hybridized carbons (Fsp3) is 0.391. The van der Waals surface area contributed by atoms with Gasteiger partial charge in [0.1, 0.15) is 22.9 Å². The largest absolute Gasteiger partial charge is 0.444 e. The Labute approximate surface area is 183 Å². The molecule has 170 valence electrons. The Balaban J connectivity index is 1.55. The standard InChI is InChI=1S/C23H25F3N4O2/c1-23(2,3)32-22(31)30(4)12-5-7-18-14(9-12)13-6-8-20(29-21(13)28-18)27-19-11-16(25)15(24)10-17(19)26/h6,8,10-12H,5,7,9H2,1-4H3,(H2,27,28,29). The highest BCUT2D eigenvalue weighted by atomic mass is 19.2. The van der Waals surface area contributed by atoms with Crippen LogP contribution in [0.4, 0.5) is 29.5 Å². The van der Waals surface area contributed by atoms with Crippen molar-refractivity contribution in [1.82, 2.24) is 14.9 Å². The van der Waals surface area contributed by atoms with Gasteiger partial charge in [0, 0.05) is 36.3 Å². The van der Waals surface area contributed by atoms with E-state index in [1.54, 1.807) is 18.0 Å². The second kappa shape index (κ2) is 8.03. The minimum absolute atomic E-state index is 0.00885. The maximum Gasteiger partial charge on any atom is 0.410 e. The van der Waals surface area contributed by atoms with Crippen molar-refractivity contribution in [2.45, 2.75) is 51.7 Å². The highest BCUT2D eigenvalue weighted by Gasteiger charge is 2.30. The van der Waals surface area contributed by atoms with Crippen molar-refractivity contribution in [3.05, 3.63) is 53.0 Å². The van der Waals surface area contributed by atoms with Crippen molar-refractivity contribution in [2.75, 3.05) is 12.4 Å². The molecule has 0 bridgehead atoms. The van der Waals surface area contributed by atoms with E-state index < -0.39 is 23.1 Å². The molecule has 3 aromatic rings. The van der Waals surface area contributed by atoms with Crippen LogP contribution in [-0.2, 0) is 17.6 Å². The van der Waals surface area contributed by atoms with Crippen LogP contribution in [0.3, 0.4) is 0 Å². The smallest absolute Gasteiger partial charge is 0.410 e. The molecule has 1 amide bonds. The molecule has 0 spiro atoms. The number of aromatic amines is 1. The number of nitrogens with one attached hydrogen (secondary N) is 2. The number of anilines is 2. The molecule has 0 aliphatic heterocycles. The first-order valence-corrected chi connectivity index (χ1v) is 10.4. The Kier molecular flexibility index (Phi) is 5.52. The Hall–Kier alpha value is -3.23.